The fourth-order valence-electron chi connectivity index (χ4n) is 1.22. The van der Waals surface area contributed by atoms with Crippen molar-refractivity contribution in [1.82, 2.24) is 0 Å². The molecule has 0 heterocycles. The van der Waals surface area contributed by atoms with E-state index in [1.54, 1.807) is 0 Å². The zero-order valence-electron chi connectivity index (χ0n) is 7.97. The van der Waals surface area contributed by atoms with Gasteiger partial charge in [0.25, 0.3) is 0 Å². The van der Waals surface area contributed by atoms with Crippen molar-refractivity contribution < 1.29 is 20.4 Å². The Hall–Kier alpha value is -0.620. The lowest BCUT2D eigenvalue weighted by molar-refractivity contribution is 0.00416. The van der Waals surface area contributed by atoms with E-state index in [2.05, 4.69) is 15.9 Å². The Morgan fingerprint density at radius 1 is 1.27 bits per heavy atom. The molecule has 0 amide bonds. The van der Waals surface area contributed by atoms with Crippen molar-refractivity contribution in [3.05, 3.63) is 28.2 Å². The Balaban J connectivity index is 2.81. The van der Waals surface area contributed by atoms with E-state index in [1.165, 1.54) is 18.2 Å². The van der Waals surface area contributed by atoms with Gasteiger partial charge in [0.05, 0.1) is 10.6 Å². The first kappa shape index (κ1) is 12.4. The highest BCUT2D eigenvalue weighted by Gasteiger charge is 2.18. The second-order valence-corrected chi connectivity index (χ2v) is 4.09. The first-order valence-electron chi connectivity index (χ1n) is 4.51. The molecule has 0 aliphatic carbocycles. The van der Waals surface area contributed by atoms with Gasteiger partial charge in [-0.05, 0) is 40.0 Å². The summed E-state index contributed by atoms with van der Waals surface area (Å²) >= 11 is 3.11. The monoisotopic (exact) mass is 276 g/mol. The highest BCUT2D eigenvalue weighted by Crippen LogP contribution is 2.28. The maximum atomic E-state index is 9.67. The molecule has 5 heteroatoms. The Morgan fingerprint density at radius 2 is 1.93 bits per heavy atom. The summed E-state index contributed by atoms with van der Waals surface area (Å²) in [4.78, 5) is 0. The molecule has 1 aromatic carbocycles. The van der Waals surface area contributed by atoms with E-state index < -0.39 is 12.2 Å². The van der Waals surface area contributed by atoms with E-state index in [9.17, 15) is 15.3 Å². The standard InChI is InChI=1S/C10H13BrO4/c11-7-5-6(1-2-8(7)13)10(15)9(14)3-4-12/h1-2,5,9-10,12-15H,3-4H2. The predicted octanol–water partition coefficient (Wildman–Crippen LogP) is 0.931. The number of phenolic OH excluding ortho intramolecular Hbond substituents is 1. The molecule has 4 nitrogen and oxygen atoms in total. The van der Waals surface area contributed by atoms with Gasteiger partial charge in [0.1, 0.15) is 11.9 Å². The van der Waals surface area contributed by atoms with Crippen LogP contribution in [0.25, 0.3) is 0 Å². The second kappa shape index (κ2) is 5.46. The molecule has 0 spiro atoms. The van der Waals surface area contributed by atoms with E-state index in [-0.39, 0.29) is 18.8 Å². The third-order valence-corrected chi connectivity index (χ3v) is 2.74. The summed E-state index contributed by atoms with van der Waals surface area (Å²) < 4.78 is 0.454. The van der Waals surface area contributed by atoms with Crippen LogP contribution in [0.5, 0.6) is 5.75 Å². The molecule has 84 valence electrons. The fourth-order valence-corrected chi connectivity index (χ4v) is 1.62. The number of aliphatic hydroxyl groups is 3. The van der Waals surface area contributed by atoms with Crippen LogP contribution in [0, 0.1) is 0 Å². The molecule has 4 N–H and O–H groups in total. The van der Waals surface area contributed by atoms with E-state index in [1.807, 2.05) is 0 Å². The van der Waals surface area contributed by atoms with E-state index in [0.29, 0.717) is 10.0 Å². The molecular formula is C10H13BrO4. The molecule has 0 saturated carbocycles. The molecule has 0 aliphatic heterocycles. The maximum absolute atomic E-state index is 9.67. The summed E-state index contributed by atoms with van der Waals surface area (Å²) in [5.41, 5.74) is 0.487. The van der Waals surface area contributed by atoms with Crippen LogP contribution in [-0.4, -0.2) is 33.1 Å². The molecule has 2 unspecified atom stereocenters. The second-order valence-electron chi connectivity index (χ2n) is 3.24. The van der Waals surface area contributed by atoms with Crippen LogP contribution in [0.15, 0.2) is 22.7 Å². The third kappa shape index (κ3) is 3.17. The Bertz CT molecular complexity index is 329. The number of benzene rings is 1. The molecule has 0 bridgehead atoms. The number of hydrogen-bond acceptors (Lipinski definition) is 4. The summed E-state index contributed by atoms with van der Waals surface area (Å²) in [6.45, 7) is -0.183. The summed E-state index contributed by atoms with van der Waals surface area (Å²) in [5, 5.41) is 37.0. The van der Waals surface area contributed by atoms with Crippen molar-refractivity contribution in [2.75, 3.05) is 6.61 Å². The van der Waals surface area contributed by atoms with Gasteiger partial charge in [-0.25, -0.2) is 0 Å². The molecule has 0 saturated heterocycles. The number of aliphatic hydroxyl groups excluding tert-OH is 3. The molecule has 0 aliphatic rings. The lowest BCUT2D eigenvalue weighted by atomic mass is 10.0. The van der Waals surface area contributed by atoms with Crippen LogP contribution in [0.1, 0.15) is 18.1 Å². The summed E-state index contributed by atoms with van der Waals surface area (Å²) in [6.07, 6.45) is -1.96. The van der Waals surface area contributed by atoms with Gasteiger partial charge in [0.2, 0.25) is 0 Å². The minimum atomic E-state index is -1.06. The van der Waals surface area contributed by atoms with Crippen molar-refractivity contribution in [1.29, 1.82) is 0 Å². The van der Waals surface area contributed by atoms with Crippen molar-refractivity contribution in [2.45, 2.75) is 18.6 Å². The highest BCUT2D eigenvalue weighted by atomic mass is 79.9. The van der Waals surface area contributed by atoms with E-state index in [0.717, 1.165) is 0 Å². The van der Waals surface area contributed by atoms with Crippen LogP contribution >= 0.6 is 15.9 Å². The van der Waals surface area contributed by atoms with Gasteiger partial charge in [0.15, 0.2) is 0 Å². The van der Waals surface area contributed by atoms with Crippen molar-refractivity contribution in [3.8, 4) is 5.75 Å². The number of hydrogen-bond donors (Lipinski definition) is 4. The Morgan fingerprint density at radius 3 is 2.47 bits per heavy atom. The van der Waals surface area contributed by atoms with E-state index in [4.69, 9.17) is 5.11 Å². The van der Waals surface area contributed by atoms with Gasteiger partial charge in [-0.3, -0.25) is 0 Å². The number of phenols is 1. The average molecular weight is 277 g/mol. The summed E-state index contributed by atoms with van der Waals surface area (Å²) in [7, 11) is 0. The summed E-state index contributed by atoms with van der Waals surface area (Å²) in [5.74, 6) is 0.0718. The summed E-state index contributed by atoms with van der Waals surface area (Å²) in [6, 6.07) is 4.47. The van der Waals surface area contributed by atoms with Crippen molar-refractivity contribution in [2.24, 2.45) is 0 Å². The van der Waals surface area contributed by atoms with Gasteiger partial charge in [0, 0.05) is 6.61 Å². The quantitative estimate of drug-likeness (QED) is 0.660. The SMILES string of the molecule is OCCC(O)C(O)c1ccc(O)c(Br)c1. The molecule has 0 radical (unpaired) electrons. The van der Waals surface area contributed by atoms with Crippen molar-refractivity contribution in [3.63, 3.8) is 0 Å². The van der Waals surface area contributed by atoms with Gasteiger partial charge in [-0.2, -0.15) is 0 Å². The van der Waals surface area contributed by atoms with Crippen molar-refractivity contribution >= 4 is 15.9 Å². The Kier molecular flexibility index (Phi) is 4.53. The van der Waals surface area contributed by atoms with Crippen LogP contribution in [-0.2, 0) is 0 Å². The zero-order chi connectivity index (χ0) is 11.4. The molecule has 1 rings (SSSR count). The van der Waals surface area contributed by atoms with Crippen LogP contribution in [0.4, 0.5) is 0 Å². The van der Waals surface area contributed by atoms with Crippen LogP contribution < -0.4 is 0 Å². The molecule has 15 heavy (non-hydrogen) atoms. The minimum Gasteiger partial charge on any atom is -0.507 e. The average Bonchev–Trinajstić information content (AvgIpc) is 2.21. The van der Waals surface area contributed by atoms with Gasteiger partial charge < -0.3 is 20.4 Å². The van der Waals surface area contributed by atoms with Gasteiger partial charge in [-0.15, -0.1) is 0 Å². The van der Waals surface area contributed by atoms with Gasteiger partial charge >= 0.3 is 0 Å². The Labute approximate surface area is 95.9 Å². The number of rotatable bonds is 4. The predicted molar refractivity (Wildman–Crippen MR) is 58.5 cm³/mol. The molecule has 0 fully saturated rings. The zero-order valence-corrected chi connectivity index (χ0v) is 9.55. The number of halogens is 1. The lowest BCUT2D eigenvalue weighted by Crippen LogP contribution is -2.19. The molecule has 0 aromatic heterocycles. The van der Waals surface area contributed by atoms with E-state index >= 15 is 0 Å². The fraction of sp³-hybridized carbons (Fsp3) is 0.400. The lowest BCUT2D eigenvalue weighted by Gasteiger charge is -2.17. The first-order valence-corrected chi connectivity index (χ1v) is 5.31. The third-order valence-electron chi connectivity index (χ3n) is 2.10. The highest BCUT2D eigenvalue weighted by molar-refractivity contribution is 9.10. The van der Waals surface area contributed by atoms with Crippen LogP contribution in [0.2, 0.25) is 0 Å². The number of aromatic hydroxyl groups is 1. The molecule has 2 atom stereocenters. The normalized spacial score (nSPS) is 14.9. The first-order chi connectivity index (χ1) is 7.06. The maximum Gasteiger partial charge on any atom is 0.129 e. The smallest absolute Gasteiger partial charge is 0.129 e. The topological polar surface area (TPSA) is 80.9 Å². The van der Waals surface area contributed by atoms with Crippen LogP contribution in [0.3, 0.4) is 0 Å². The molecule has 1 aromatic rings. The van der Waals surface area contributed by atoms with Gasteiger partial charge in [-0.1, -0.05) is 6.07 Å². The minimum absolute atomic E-state index is 0.0718. The largest absolute Gasteiger partial charge is 0.507 e. The molecular weight excluding hydrogens is 264 g/mol.